The van der Waals surface area contributed by atoms with E-state index >= 15 is 0 Å². The Labute approximate surface area is 100.0 Å². The highest BCUT2D eigenvalue weighted by molar-refractivity contribution is 5.86. The number of carbonyl (C=O) groups is 1. The number of nitrogens with zero attached hydrogens (tertiary/aromatic N) is 3. The summed E-state index contributed by atoms with van der Waals surface area (Å²) in [7, 11) is 0. The fraction of sp³-hybridized carbons (Fsp3) is 0.727. The van der Waals surface area contributed by atoms with Crippen molar-refractivity contribution in [1.82, 2.24) is 15.0 Å². The van der Waals surface area contributed by atoms with Crippen LogP contribution in [0.1, 0.15) is 44.6 Å². The van der Waals surface area contributed by atoms with E-state index in [0.29, 0.717) is 6.42 Å². The Bertz CT molecular complexity index is 384. The first-order chi connectivity index (χ1) is 7.81. The Balaban J connectivity index is 2.65. The molecule has 0 amide bonds. The van der Waals surface area contributed by atoms with Gasteiger partial charge in [0.1, 0.15) is 11.8 Å². The highest BCUT2D eigenvalue weighted by Gasteiger charge is 2.20. The van der Waals surface area contributed by atoms with Crippen LogP contribution in [0.25, 0.3) is 0 Å². The van der Waals surface area contributed by atoms with Gasteiger partial charge in [0.25, 0.3) is 0 Å². The van der Waals surface area contributed by atoms with Crippen molar-refractivity contribution in [2.75, 3.05) is 0 Å². The number of rotatable bonds is 4. The van der Waals surface area contributed by atoms with Crippen molar-refractivity contribution in [2.24, 2.45) is 0 Å². The topological polar surface area (TPSA) is 57.0 Å². The lowest BCUT2D eigenvalue weighted by molar-refractivity contribution is 0.00626. The molecule has 1 aromatic rings. The first-order valence-electron chi connectivity index (χ1n) is 5.59. The predicted molar refractivity (Wildman–Crippen MR) is 60.4 cm³/mol. The Morgan fingerprint density at radius 3 is 2.76 bits per heavy atom. The third-order valence-electron chi connectivity index (χ3n) is 1.97. The lowest BCUT2D eigenvalue weighted by atomic mass is 10.2. The van der Waals surface area contributed by atoms with Gasteiger partial charge in [-0.25, -0.2) is 13.9 Å². The maximum absolute atomic E-state index is 13.1. The number of hydrogen-bond donors (Lipinski definition) is 0. The second-order valence-electron chi connectivity index (χ2n) is 4.83. The van der Waals surface area contributed by atoms with Crippen molar-refractivity contribution in [2.45, 2.75) is 52.4 Å². The zero-order chi connectivity index (χ0) is 13.1. The van der Waals surface area contributed by atoms with E-state index < -0.39 is 17.7 Å². The fourth-order valence-electron chi connectivity index (χ4n) is 1.14. The quantitative estimate of drug-likeness (QED) is 0.759. The van der Waals surface area contributed by atoms with Crippen LogP contribution in [0.15, 0.2) is 6.20 Å². The molecule has 0 unspecified atom stereocenters. The van der Waals surface area contributed by atoms with Gasteiger partial charge in [-0.05, 0) is 27.2 Å². The number of halogens is 1. The summed E-state index contributed by atoms with van der Waals surface area (Å²) in [5.74, 6) is -0.546. The summed E-state index contributed by atoms with van der Waals surface area (Å²) in [6.45, 7) is 7.15. The zero-order valence-electron chi connectivity index (χ0n) is 10.6. The van der Waals surface area contributed by atoms with Crippen LogP contribution in [-0.4, -0.2) is 32.7 Å². The molecule has 5 nitrogen and oxygen atoms in total. The molecule has 17 heavy (non-hydrogen) atoms. The van der Waals surface area contributed by atoms with Gasteiger partial charge in [0.2, 0.25) is 0 Å². The van der Waals surface area contributed by atoms with Crippen LogP contribution >= 0.6 is 0 Å². The van der Waals surface area contributed by atoms with Crippen LogP contribution < -0.4 is 0 Å². The molecule has 1 atom stereocenters. The maximum Gasteiger partial charge on any atom is 0.361 e. The molecule has 0 bridgehead atoms. The van der Waals surface area contributed by atoms with E-state index in [2.05, 4.69) is 10.3 Å². The lowest BCUT2D eigenvalue weighted by Crippen LogP contribution is -2.24. The Morgan fingerprint density at radius 1 is 1.59 bits per heavy atom. The molecular weight excluding hydrogens is 225 g/mol. The SMILES string of the molecule is CC[C@@H](F)Cn1cc(C(=O)OC(C)(C)C)nn1. The van der Waals surface area contributed by atoms with E-state index in [-0.39, 0.29) is 12.2 Å². The molecule has 6 heteroatoms. The van der Waals surface area contributed by atoms with Gasteiger partial charge in [0.05, 0.1) is 12.7 Å². The summed E-state index contributed by atoms with van der Waals surface area (Å²) < 4.78 is 19.5. The van der Waals surface area contributed by atoms with Gasteiger partial charge < -0.3 is 4.74 Å². The molecule has 0 aliphatic heterocycles. The van der Waals surface area contributed by atoms with Gasteiger partial charge in [0.15, 0.2) is 5.69 Å². The molecule has 1 aromatic heterocycles. The number of carbonyl (C=O) groups excluding carboxylic acids is 1. The highest BCUT2D eigenvalue weighted by atomic mass is 19.1. The summed E-state index contributed by atoms with van der Waals surface area (Å²) in [6.07, 6.45) is 0.820. The first kappa shape index (κ1) is 13.6. The minimum atomic E-state index is -0.983. The lowest BCUT2D eigenvalue weighted by Gasteiger charge is -2.18. The molecule has 0 fully saturated rings. The Morgan fingerprint density at radius 2 is 2.24 bits per heavy atom. The van der Waals surface area contributed by atoms with Crippen molar-refractivity contribution in [3.63, 3.8) is 0 Å². The minimum Gasteiger partial charge on any atom is -0.455 e. The Kier molecular flexibility index (Phi) is 4.20. The molecule has 0 aliphatic carbocycles. The van der Waals surface area contributed by atoms with E-state index in [4.69, 9.17) is 4.74 Å². The van der Waals surface area contributed by atoms with Crippen LogP contribution in [-0.2, 0) is 11.3 Å². The molecule has 96 valence electrons. The summed E-state index contributed by atoms with van der Waals surface area (Å²) in [5.41, 5.74) is -0.476. The maximum atomic E-state index is 13.1. The smallest absolute Gasteiger partial charge is 0.361 e. The van der Waals surface area contributed by atoms with Gasteiger partial charge in [-0.2, -0.15) is 0 Å². The number of aromatic nitrogens is 3. The number of esters is 1. The van der Waals surface area contributed by atoms with Crippen LogP contribution in [0.2, 0.25) is 0 Å². The first-order valence-corrected chi connectivity index (χ1v) is 5.59. The van der Waals surface area contributed by atoms with Gasteiger partial charge in [-0.15, -0.1) is 5.10 Å². The standard InChI is InChI=1S/C11H18FN3O2/c1-5-8(12)6-15-7-9(13-14-15)10(16)17-11(2,3)4/h7-8H,5-6H2,1-4H3/t8-/m1/s1. The molecule has 0 saturated carbocycles. The molecular formula is C11H18FN3O2. The van der Waals surface area contributed by atoms with Crippen molar-refractivity contribution in [1.29, 1.82) is 0 Å². The van der Waals surface area contributed by atoms with Crippen LogP contribution in [0.5, 0.6) is 0 Å². The van der Waals surface area contributed by atoms with E-state index in [1.54, 1.807) is 27.7 Å². The highest BCUT2D eigenvalue weighted by Crippen LogP contribution is 2.10. The molecule has 0 radical (unpaired) electrons. The average molecular weight is 243 g/mol. The van der Waals surface area contributed by atoms with Gasteiger partial charge >= 0.3 is 5.97 Å². The molecule has 0 saturated heterocycles. The van der Waals surface area contributed by atoms with Crippen molar-refractivity contribution < 1.29 is 13.9 Å². The second kappa shape index (κ2) is 5.25. The van der Waals surface area contributed by atoms with E-state index in [0.717, 1.165) is 0 Å². The largest absolute Gasteiger partial charge is 0.455 e. The minimum absolute atomic E-state index is 0.100. The zero-order valence-corrected chi connectivity index (χ0v) is 10.6. The van der Waals surface area contributed by atoms with E-state index in [1.165, 1.54) is 10.9 Å². The molecule has 0 aromatic carbocycles. The molecule has 0 aliphatic rings. The number of hydrogen-bond acceptors (Lipinski definition) is 4. The van der Waals surface area contributed by atoms with Crippen molar-refractivity contribution >= 4 is 5.97 Å². The number of ether oxygens (including phenoxy) is 1. The van der Waals surface area contributed by atoms with Crippen molar-refractivity contribution in [3.8, 4) is 0 Å². The third-order valence-corrected chi connectivity index (χ3v) is 1.97. The van der Waals surface area contributed by atoms with Gasteiger partial charge in [-0.3, -0.25) is 0 Å². The molecule has 0 N–H and O–H groups in total. The molecule has 1 heterocycles. The van der Waals surface area contributed by atoms with E-state index in [9.17, 15) is 9.18 Å². The van der Waals surface area contributed by atoms with Gasteiger partial charge in [-0.1, -0.05) is 12.1 Å². The normalized spacial score (nSPS) is 13.5. The van der Waals surface area contributed by atoms with Gasteiger partial charge in [0, 0.05) is 0 Å². The summed E-state index contributed by atoms with van der Waals surface area (Å²) in [6, 6.07) is 0. The monoisotopic (exact) mass is 243 g/mol. The van der Waals surface area contributed by atoms with Crippen LogP contribution in [0, 0.1) is 0 Å². The number of alkyl halides is 1. The summed E-state index contributed by atoms with van der Waals surface area (Å²) >= 11 is 0. The van der Waals surface area contributed by atoms with Crippen LogP contribution in [0.4, 0.5) is 4.39 Å². The molecule has 0 spiro atoms. The average Bonchev–Trinajstić information content (AvgIpc) is 2.63. The predicted octanol–water partition coefficient (Wildman–Crippen LogP) is 1.98. The van der Waals surface area contributed by atoms with E-state index in [1.807, 2.05) is 0 Å². The second-order valence-corrected chi connectivity index (χ2v) is 4.83. The Hall–Kier alpha value is -1.46. The third kappa shape index (κ3) is 4.50. The molecule has 1 rings (SSSR count). The summed E-state index contributed by atoms with van der Waals surface area (Å²) in [5, 5.41) is 7.34. The fourth-order valence-corrected chi connectivity index (χ4v) is 1.14. The van der Waals surface area contributed by atoms with Crippen LogP contribution in [0.3, 0.4) is 0 Å². The summed E-state index contributed by atoms with van der Waals surface area (Å²) in [4.78, 5) is 11.6. The van der Waals surface area contributed by atoms with Crippen molar-refractivity contribution in [3.05, 3.63) is 11.9 Å².